The fourth-order valence-electron chi connectivity index (χ4n) is 3.78. The maximum absolute atomic E-state index is 2.44. The monoisotopic (exact) mass is 246 g/mol. The lowest BCUT2D eigenvalue weighted by Crippen LogP contribution is -2.45. The molecule has 0 bridgehead atoms. The SMILES string of the molecule is CB1C(B(C)N(C)C)C(C)=C(C)C1B(C)N(C)C. The minimum absolute atomic E-state index is 0.620. The average molecular weight is 246 g/mol. The lowest BCUT2D eigenvalue weighted by Gasteiger charge is -2.31. The first-order chi connectivity index (χ1) is 8.20. The van der Waals surface area contributed by atoms with Crippen LogP contribution in [0, 0.1) is 0 Å². The molecular formula is C13H29B3N2. The van der Waals surface area contributed by atoms with Gasteiger partial charge in [0.1, 0.15) is 6.71 Å². The first kappa shape index (κ1) is 15.9. The molecule has 0 radical (unpaired) electrons. The van der Waals surface area contributed by atoms with Crippen molar-refractivity contribution >= 4 is 20.4 Å². The molecule has 0 fully saturated rings. The summed E-state index contributed by atoms with van der Waals surface area (Å²) < 4.78 is 0. The Hall–Kier alpha value is -0.145. The van der Waals surface area contributed by atoms with Crippen molar-refractivity contribution in [1.82, 2.24) is 9.62 Å². The molecule has 2 nitrogen and oxygen atoms in total. The van der Waals surface area contributed by atoms with Gasteiger partial charge in [-0.2, -0.15) is 0 Å². The van der Waals surface area contributed by atoms with E-state index < -0.39 is 0 Å². The molecule has 18 heavy (non-hydrogen) atoms. The van der Waals surface area contributed by atoms with E-state index >= 15 is 0 Å². The predicted molar refractivity (Wildman–Crippen MR) is 88.1 cm³/mol. The van der Waals surface area contributed by atoms with Crippen molar-refractivity contribution in [2.75, 3.05) is 28.2 Å². The van der Waals surface area contributed by atoms with Crippen LogP contribution < -0.4 is 0 Å². The number of hydrogen-bond donors (Lipinski definition) is 0. The zero-order valence-electron chi connectivity index (χ0n) is 13.8. The maximum atomic E-state index is 2.44. The van der Waals surface area contributed by atoms with Crippen molar-refractivity contribution in [3.05, 3.63) is 11.1 Å². The summed E-state index contributed by atoms with van der Waals surface area (Å²) in [6, 6.07) is 0. The fourth-order valence-corrected chi connectivity index (χ4v) is 3.78. The molecule has 1 aliphatic heterocycles. The largest absolute Gasteiger partial charge is 0.348 e. The van der Waals surface area contributed by atoms with Crippen LogP contribution in [0.4, 0.5) is 0 Å². The lowest BCUT2D eigenvalue weighted by molar-refractivity contribution is 0.636. The number of nitrogens with zero attached hydrogens (tertiary/aromatic N) is 2. The molecule has 0 aliphatic carbocycles. The van der Waals surface area contributed by atoms with Gasteiger partial charge in [-0.1, -0.05) is 31.6 Å². The third kappa shape index (κ3) is 2.72. The Morgan fingerprint density at radius 3 is 1.33 bits per heavy atom. The Morgan fingerprint density at radius 1 is 0.833 bits per heavy atom. The van der Waals surface area contributed by atoms with Gasteiger partial charge in [0.05, 0.1) is 0 Å². The summed E-state index contributed by atoms with van der Waals surface area (Å²) in [6.45, 7) is 13.8. The van der Waals surface area contributed by atoms with Crippen LogP contribution in [0.15, 0.2) is 11.1 Å². The van der Waals surface area contributed by atoms with Gasteiger partial charge < -0.3 is 9.62 Å². The highest BCUT2D eigenvalue weighted by Crippen LogP contribution is 2.46. The van der Waals surface area contributed by atoms with Crippen molar-refractivity contribution in [1.29, 1.82) is 0 Å². The van der Waals surface area contributed by atoms with Gasteiger partial charge in [-0.05, 0) is 53.5 Å². The smallest absolute Gasteiger partial charge is 0.219 e. The van der Waals surface area contributed by atoms with E-state index in [-0.39, 0.29) is 0 Å². The third-order valence-electron chi connectivity index (χ3n) is 5.42. The second-order valence-electron chi connectivity index (χ2n) is 6.69. The second kappa shape index (κ2) is 5.87. The van der Waals surface area contributed by atoms with Crippen LogP contribution >= 0.6 is 0 Å². The molecule has 0 amide bonds. The first-order valence-corrected chi connectivity index (χ1v) is 7.20. The third-order valence-corrected chi connectivity index (χ3v) is 5.42. The van der Waals surface area contributed by atoms with E-state index in [1.807, 2.05) is 0 Å². The number of allylic oxidation sites excluding steroid dienone is 2. The zero-order valence-corrected chi connectivity index (χ0v) is 13.8. The van der Waals surface area contributed by atoms with Crippen LogP contribution in [0.1, 0.15) is 13.8 Å². The van der Waals surface area contributed by atoms with Crippen molar-refractivity contribution in [2.24, 2.45) is 0 Å². The highest BCUT2D eigenvalue weighted by Gasteiger charge is 2.46. The normalized spacial score (nSPS) is 24.5. The molecule has 0 aromatic rings. The molecule has 0 saturated heterocycles. The molecule has 0 aromatic heterocycles. The Kier molecular flexibility index (Phi) is 5.19. The number of hydrogen-bond acceptors (Lipinski definition) is 2. The molecule has 0 N–H and O–H groups in total. The summed E-state index contributed by atoms with van der Waals surface area (Å²) in [7, 11) is 8.79. The summed E-state index contributed by atoms with van der Waals surface area (Å²) in [5, 5.41) is 0. The van der Waals surface area contributed by atoms with Crippen LogP contribution in [-0.2, 0) is 0 Å². The molecule has 0 saturated carbocycles. The quantitative estimate of drug-likeness (QED) is 0.555. The van der Waals surface area contributed by atoms with Gasteiger partial charge in [0.2, 0.25) is 13.7 Å². The van der Waals surface area contributed by atoms with Gasteiger partial charge in [0, 0.05) is 0 Å². The standard InChI is InChI=1S/C13H29B3N2/c1-10-11(2)13(16(5)18(8)9)14(3)12(10)15(4)17(6)7/h12-13H,1-9H3. The fraction of sp³-hybridized carbons (Fsp3) is 0.846. The van der Waals surface area contributed by atoms with E-state index in [4.69, 9.17) is 0 Å². The number of rotatable bonds is 4. The van der Waals surface area contributed by atoms with Crippen molar-refractivity contribution < 1.29 is 0 Å². The van der Waals surface area contributed by atoms with Crippen LogP contribution in [-0.4, -0.2) is 58.2 Å². The summed E-state index contributed by atoms with van der Waals surface area (Å²) in [5.74, 6) is 0. The van der Waals surface area contributed by atoms with Gasteiger partial charge in [-0.15, -0.1) is 0 Å². The van der Waals surface area contributed by atoms with Crippen LogP contribution in [0.2, 0.25) is 31.9 Å². The van der Waals surface area contributed by atoms with Crippen molar-refractivity contribution in [3.8, 4) is 0 Å². The van der Waals surface area contributed by atoms with Gasteiger partial charge in [0.25, 0.3) is 0 Å². The zero-order chi connectivity index (χ0) is 14.2. The summed E-state index contributed by atoms with van der Waals surface area (Å²) in [6.07, 6.45) is 0. The average Bonchev–Trinajstić information content (AvgIpc) is 2.48. The molecule has 1 rings (SSSR count). The Morgan fingerprint density at radius 2 is 1.11 bits per heavy atom. The molecular weight excluding hydrogens is 217 g/mol. The summed E-state index contributed by atoms with van der Waals surface area (Å²) >= 11 is 0. The molecule has 2 unspecified atom stereocenters. The molecule has 5 heteroatoms. The van der Waals surface area contributed by atoms with Gasteiger partial charge in [0.15, 0.2) is 0 Å². The topological polar surface area (TPSA) is 6.48 Å². The van der Waals surface area contributed by atoms with E-state index in [2.05, 4.69) is 72.1 Å². The van der Waals surface area contributed by atoms with E-state index in [9.17, 15) is 0 Å². The Labute approximate surface area is 115 Å². The summed E-state index contributed by atoms with van der Waals surface area (Å²) in [4.78, 5) is 4.72. The molecule has 1 heterocycles. The first-order valence-electron chi connectivity index (χ1n) is 7.20. The lowest BCUT2D eigenvalue weighted by atomic mass is 9.18. The Bertz CT molecular complexity index is 298. The van der Waals surface area contributed by atoms with E-state index in [1.165, 1.54) is 0 Å². The highest BCUT2D eigenvalue weighted by atomic mass is 15.0. The predicted octanol–water partition coefficient (Wildman–Crippen LogP) is 2.65. The molecule has 0 aromatic carbocycles. The van der Waals surface area contributed by atoms with Crippen LogP contribution in [0.25, 0.3) is 0 Å². The minimum atomic E-state index is 0.620. The second-order valence-corrected chi connectivity index (χ2v) is 6.69. The Balaban J connectivity index is 3.02. The van der Waals surface area contributed by atoms with Gasteiger partial charge in [-0.25, -0.2) is 0 Å². The molecule has 2 atom stereocenters. The van der Waals surface area contributed by atoms with Crippen LogP contribution in [0.5, 0.6) is 0 Å². The maximum Gasteiger partial charge on any atom is 0.219 e. The van der Waals surface area contributed by atoms with E-state index in [1.54, 1.807) is 11.1 Å². The summed E-state index contributed by atoms with van der Waals surface area (Å²) in [5.41, 5.74) is 4.66. The van der Waals surface area contributed by atoms with Crippen LogP contribution in [0.3, 0.4) is 0 Å². The van der Waals surface area contributed by atoms with Crippen molar-refractivity contribution in [2.45, 2.75) is 45.7 Å². The van der Waals surface area contributed by atoms with E-state index in [0.717, 1.165) is 6.71 Å². The molecule has 0 spiro atoms. The molecule has 100 valence electrons. The van der Waals surface area contributed by atoms with Crippen molar-refractivity contribution in [3.63, 3.8) is 0 Å². The minimum Gasteiger partial charge on any atom is -0.348 e. The van der Waals surface area contributed by atoms with Gasteiger partial charge >= 0.3 is 0 Å². The highest BCUT2D eigenvalue weighted by molar-refractivity contribution is 6.88. The van der Waals surface area contributed by atoms with E-state index in [0.29, 0.717) is 25.1 Å². The molecule has 1 aliphatic rings. The van der Waals surface area contributed by atoms with Gasteiger partial charge in [-0.3, -0.25) is 0 Å².